The van der Waals surface area contributed by atoms with Gasteiger partial charge in [0.05, 0.1) is 12.1 Å². The number of nitrogens with zero attached hydrogens (tertiary/aromatic N) is 1. The second-order valence-electron chi connectivity index (χ2n) is 6.65. The van der Waals surface area contributed by atoms with Crippen LogP contribution in [0.3, 0.4) is 0 Å². The normalized spacial score (nSPS) is 17.6. The molecule has 0 saturated carbocycles. The fourth-order valence-electron chi connectivity index (χ4n) is 3.36. The Morgan fingerprint density at radius 2 is 1.67 bits per heavy atom. The van der Waals surface area contributed by atoms with Crippen molar-refractivity contribution < 1.29 is 5.11 Å². The number of anilines is 1. The van der Waals surface area contributed by atoms with Gasteiger partial charge in [-0.25, -0.2) is 0 Å². The van der Waals surface area contributed by atoms with Crippen molar-refractivity contribution in [2.45, 2.75) is 29.7 Å². The standard InChI is InChI=1S/C20H26N2OS/c23-16-20(21-18-7-2-1-3-8-18)11-14-22(15-12-20)13-10-17-6-4-5-9-19(17)24/h1-9,21,23-24H,10-16H2. The summed E-state index contributed by atoms with van der Waals surface area (Å²) >= 11 is 4.53. The average Bonchev–Trinajstić information content (AvgIpc) is 2.63. The molecule has 1 saturated heterocycles. The molecule has 3 rings (SSSR count). The third-order valence-electron chi connectivity index (χ3n) is 4.99. The van der Waals surface area contributed by atoms with E-state index in [1.165, 1.54) is 5.56 Å². The van der Waals surface area contributed by atoms with Crippen LogP contribution in [0.15, 0.2) is 59.5 Å². The van der Waals surface area contributed by atoms with Crippen LogP contribution in [0, 0.1) is 0 Å². The van der Waals surface area contributed by atoms with E-state index in [2.05, 4.69) is 53.2 Å². The highest BCUT2D eigenvalue weighted by molar-refractivity contribution is 7.80. The molecule has 2 aromatic carbocycles. The average molecular weight is 343 g/mol. The van der Waals surface area contributed by atoms with E-state index in [0.29, 0.717) is 0 Å². The summed E-state index contributed by atoms with van der Waals surface area (Å²) in [6.07, 6.45) is 2.94. The summed E-state index contributed by atoms with van der Waals surface area (Å²) < 4.78 is 0. The highest BCUT2D eigenvalue weighted by Gasteiger charge is 2.33. The van der Waals surface area contributed by atoms with Crippen molar-refractivity contribution in [3.05, 3.63) is 60.2 Å². The molecular formula is C20H26N2OS. The molecule has 2 aromatic rings. The van der Waals surface area contributed by atoms with Gasteiger partial charge < -0.3 is 15.3 Å². The predicted octanol–water partition coefficient (Wildman–Crippen LogP) is 3.46. The van der Waals surface area contributed by atoms with Gasteiger partial charge in [-0.3, -0.25) is 0 Å². The molecule has 24 heavy (non-hydrogen) atoms. The lowest BCUT2D eigenvalue weighted by Gasteiger charge is -2.42. The summed E-state index contributed by atoms with van der Waals surface area (Å²) in [6.45, 7) is 3.24. The first kappa shape index (κ1) is 17.3. The van der Waals surface area contributed by atoms with Gasteiger partial charge in [-0.05, 0) is 43.0 Å². The fraction of sp³-hybridized carbons (Fsp3) is 0.400. The zero-order valence-corrected chi connectivity index (χ0v) is 14.9. The molecule has 1 fully saturated rings. The monoisotopic (exact) mass is 342 g/mol. The van der Waals surface area contributed by atoms with Crippen LogP contribution in [0.5, 0.6) is 0 Å². The molecule has 0 aromatic heterocycles. The maximum atomic E-state index is 9.94. The Labute approximate surface area is 150 Å². The number of benzene rings is 2. The lowest BCUT2D eigenvalue weighted by molar-refractivity contribution is 0.119. The molecule has 0 bridgehead atoms. The van der Waals surface area contributed by atoms with Gasteiger partial charge in [0.15, 0.2) is 0 Å². The van der Waals surface area contributed by atoms with Gasteiger partial charge >= 0.3 is 0 Å². The van der Waals surface area contributed by atoms with Crippen LogP contribution in [0.4, 0.5) is 5.69 Å². The summed E-state index contributed by atoms with van der Waals surface area (Å²) in [5.41, 5.74) is 2.20. The lowest BCUT2D eigenvalue weighted by atomic mass is 9.87. The molecule has 4 heteroatoms. The molecule has 0 atom stereocenters. The summed E-state index contributed by atoms with van der Waals surface area (Å²) in [5.74, 6) is 0. The third kappa shape index (κ3) is 4.32. The van der Waals surface area contributed by atoms with Crippen LogP contribution >= 0.6 is 12.6 Å². The Kier molecular flexibility index (Phi) is 5.82. The quantitative estimate of drug-likeness (QED) is 0.704. The second-order valence-corrected chi connectivity index (χ2v) is 7.13. The van der Waals surface area contributed by atoms with Crippen LogP contribution in [-0.4, -0.2) is 41.8 Å². The Bertz CT molecular complexity index is 639. The molecule has 0 amide bonds. The maximum Gasteiger partial charge on any atom is 0.0662 e. The molecule has 0 aliphatic carbocycles. The summed E-state index contributed by atoms with van der Waals surface area (Å²) in [7, 11) is 0. The van der Waals surface area contributed by atoms with E-state index < -0.39 is 0 Å². The van der Waals surface area contributed by atoms with E-state index in [9.17, 15) is 5.11 Å². The first-order valence-corrected chi connectivity index (χ1v) is 9.09. The number of likely N-dealkylation sites (tertiary alicyclic amines) is 1. The number of rotatable bonds is 6. The first-order valence-electron chi connectivity index (χ1n) is 8.64. The van der Waals surface area contributed by atoms with Gasteiger partial charge in [0.1, 0.15) is 0 Å². The Hall–Kier alpha value is -1.49. The largest absolute Gasteiger partial charge is 0.394 e. The van der Waals surface area contributed by atoms with E-state index in [-0.39, 0.29) is 12.1 Å². The first-order chi connectivity index (χ1) is 11.7. The molecule has 0 radical (unpaired) electrons. The van der Waals surface area contributed by atoms with Gasteiger partial charge in [-0.2, -0.15) is 0 Å². The van der Waals surface area contributed by atoms with Crippen molar-refractivity contribution in [2.75, 3.05) is 31.6 Å². The molecule has 3 nitrogen and oxygen atoms in total. The van der Waals surface area contributed by atoms with Gasteiger partial charge in [0.25, 0.3) is 0 Å². The van der Waals surface area contributed by atoms with E-state index >= 15 is 0 Å². The predicted molar refractivity (Wildman–Crippen MR) is 103 cm³/mol. The zero-order valence-electron chi connectivity index (χ0n) is 14.0. The van der Waals surface area contributed by atoms with Crippen molar-refractivity contribution >= 4 is 18.3 Å². The Morgan fingerprint density at radius 1 is 1.00 bits per heavy atom. The third-order valence-corrected chi connectivity index (χ3v) is 5.42. The van der Waals surface area contributed by atoms with Crippen molar-refractivity contribution in [2.24, 2.45) is 0 Å². The highest BCUT2D eigenvalue weighted by atomic mass is 32.1. The minimum absolute atomic E-state index is 0.176. The number of aliphatic hydroxyl groups excluding tert-OH is 1. The number of nitrogens with one attached hydrogen (secondary N) is 1. The van der Waals surface area contributed by atoms with Crippen LogP contribution in [0.2, 0.25) is 0 Å². The molecule has 2 N–H and O–H groups in total. The van der Waals surface area contributed by atoms with Gasteiger partial charge in [0.2, 0.25) is 0 Å². The van der Waals surface area contributed by atoms with E-state index in [0.717, 1.165) is 49.5 Å². The summed E-state index contributed by atoms with van der Waals surface area (Å²) in [6, 6.07) is 18.5. The second kappa shape index (κ2) is 8.06. The smallest absolute Gasteiger partial charge is 0.0662 e. The topological polar surface area (TPSA) is 35.5 Å². The zero-order chi connectivity index (χ0) is 16.8. The SMILES string of the molecule is OCC1(Nc2ccccc2)CCN(CCc2ccccc2S)CC1. The number of aliphatic hydroxyl groups is 1. The Morgan fingerprint density at radius 3 is 2.33 bits per heavy atom. The van der Waals surface area contributed by atoms with Crippen molar-refractivity contribution in [3.8, 4) is 0 Å². The molecular weight excluding hydrogens is 316 g/mol. The Balaban J connectivity index is 1.53. The van der Waals surface area contributed by atoms with E-state index in [4.69, 9.17) is 0 Å². The minimum Gasteiger partial charge on any atom is -0.394 e. The number of para-hydroxylation sites is 1. The van der Waals surface area contributed by atoms with E-state index in [1.807, 2.05) is 24.3 Å². The fourth-order valence-corrected chi connectivity index (χ4v) is 3.63. The molecule has 0 spiro atoms. The molecule has 1 heterocycles. The van der Waals surface area contributed by atoms with Crippen LogP contribution in [0.25, 0.3) is 0 Å². The van der Waals surface area contributed by atoms with Crippen LogP contribution < -0.4 is 5.32 Å². The van der Waals surface area contributed by atoms with Crippen molar-refractivity contribution in [1.29, 1.82) is 0 Å². The van der Waals surface area contributed by atoms with Crippen LogP contribution in [-0.2, 0) is 6.42 Å². The molecule has 128 valence electrons. The van der Waals surface area contributed by atoms with Crippen molar-refractivity contribution in [3.63, 3.8) is 0 Å². The lowest BCUT2D eigenvalue weighted by Crippen LogP contribution is -2.52. The molecule has 1 aliphatic rings. The number of piperidine rings is 1. The summed E-state index contributed by atoms with van der Waals surface area (Å²) in [5, 5.41) is 13.5. The molecule has 0 unspecified atom stereocenters. The van der Waals surface area contributed by atoms with Gasteiger partial charge in [0, 0.05) is 30.2 Å². The number of thiol groups is 1. The van der Waals surface area contributed by atoms with Gasteiger partial charge in [-0.1, -0.05) is 36.4 Å². The van der Waals surface area contributed by atoms with Crippen LogP contribution in [0.1, 0.15) is 18.4 Å². The van der Waals surface area contributed by atoms with Gasteiger partial charge in [-0.15, -0.1) is 12.6 Å². The number of hydrogen-bond donors (Lipinski definition) is 3. The minimum atomic E-state index is -0.195. The summed E-state index contributed by atoms with van der Waals surface area (Å²) in [4.78, 5) is 3.56. The molecule has 1 aliphatic heterocycles. The van der Waals surface area contributed by atoms with Crippen molar-refractivity contribution in [1.82, 2.24) is 4.90 Å². The highest BCUT2D eigenvalue weighted by Crippen LogP contribution is 2.27. The van der Waals surface area contributed by atoms with E-state index in [1.54, 1.807) is 0 Å². The maximum absolute atomic E-state index is 9.94. The number of hydrogen-bond acceptors (Lipinski definition) is 4.